The quantitative estimate of drug-likeness (QED) is 0.683. The Morgan fingerprint density at radius 1 is 1.55 bits per heavy atom. The zero-order valence-electron chi connectivity index (χ0n) is 6.83. The van der Waals surface area contributed by atoms with Crippen molar-refractivity contribution in [1.82, 2.24) is 4.90 Å². The topological polar surface area (TPSA) is 40.5 Å². The van der Waals surface area contributed by atoms with E-state index < -0.39 is 5.97 Å². The number of hydrogen-bond donors (Lipinski definition) is 1. The molecule has 1 saturated heterocycles. The van der Waals surface area contributed by atoms with Gasteiger partial charge < -0.3 is 5.11 Å². The third-order valence-electron chi connectivity index (χ3n) is 1.66. The van der Waals surface area contributed by atoms with Gasteiger partial charge in [-0.05, 0) is 5.41 Å². The van der Waals surface area contributed by atoms with Crippen molar-refractivity contribution in [2.45, 2.75) is 13.8 Å². The zero-order chi connectivity index (χ0) is 7.78. The summed E-state index contributed by atoms with van der Waals surface area (Å²) in [5.74, 6) is -0.726. The summed E-state index contributed by atoms with van der Waals surface area (Å²) in [6.45, 7) is 6.32. The molecule has 1 heterocycles. The van der Waals surface area contributed by atoms with Gasteiger partial charge in [0.05, 0.1) is 6.54 Å². The number of carboxylic acids is 1. The number of likely N-dealkylation sites (tertiary alicyclic amines) is 1. The van der Waals surface area contributed by atoms with Crippen LogP contribution in [0.4, 0.5) is 0 Å². The second-order valence-electron chi connectivity index (χ2n) is 3.70. The van der Waals surface area contributed by atoms with Gasteiger partial charge >= 0.3 is 5.97 Å². The summed E-state index contributed by atoms with van der Waals surface area (Å²) in [5, 5.41) is 8.38. The molecule has 0 amide bonds. The van der Waals surface area contributed by atoms with Crippen LogP contribution < -0.4 is 0 Å². The van der Waals surface area contributed by atoms with Gasteiger partial charge in [0.25, 0.3) is 0 Å². The smallest absolute Gasteiger partial charge is 0.317 e. The largest absolute Gasteiger partial charge is 0.480 e. The molecule has 1 N–H and O–H groups in total. The molecule has 1 aliphatic heterocycles. The summed E-state index contributed by atoms with van der Waals surface area (Å²) in [4.78, 5) is 12.1. The lowest BCUT2D eigenvalue weighted by atomic mass is 9.84. The number of rotatable bonds is 2. The Kier molecular flexibility index (Phi) is 3.32. The lowest BCUT2D eigenvalue weighted by Crippen LogP contribution is -2.54. The molecule has 0 aliphatic carbocycles. The summed E-state index contributed by atoms with van der Waals surface area (Å²) in [7, 11) is 0. The molecule has 4 heteroatoms. The van der Waals surface area contributed by atoms with E-state index in [0.717, 1.165) is 13.1 Å². The molecule has 0 saturated carbocycles. The molecule has 1 fully saturated rings. The lowest BCUT2D eigenvalue weighted by Gasteiger charge is -2.44. The average molecular weight is 180 g/mol. The van der Waals surface area contributed by atoms with Crippen LogP contribution in [0.3, 0.4) is 0 Å². The predicted molar refractivity (Wildman–Crippen MR) is 45.1 cm³/mol. The van der Waals surface area contributed by atoms with E-state index in [-0.39, 0.29) is 19.0 Å². The zero-order valence-corrected chi connectivity index (χ0v) is 7.65. The molecule has 0 unspecified atom stereocenters. The Balaban J connectivity index is 0.000001000. The molecule has 0 radical (unpaired) electrons. The first-order valence-corrected chi connectivity index (χ1v) is 3.44. The van der Waals surface area contributed by atoms with Crippen molar-refractivity contribution >= 4 is 18.4 Å². The van der Waals surface area contributed by atoms with E-state index in [9.17, 15) is 4.79 Å². The molecule has 3 nitrogen and oxygen atoms in total. The minimum atomic E-state index is -0.726. The van der Waals surface area contributed by atoms with E-state index >= 15 is 0 Å². The molecule has 0 bridgehead atoms. The van der Waals surface area contributed by atoms with Crippen LogP contribution in [0.25, 0.3) is 0 Å². The molecule has 66 valence electrons. The Bertz CT molecular complexity index is 151. The van der Waals surface area contributed by atoms with Gasteiger partial charge in [-0.1, -0.05) is 13.8 Å². The highest BCUT2D eigenvalue weighted by Gasteiger charge is 2.34. The number of aliphatic carboxylic acids is 1. The van der Waals surface area contributed by atoms with Crippen LogP contribution in [-0.2, 0) is 4.79 Å². The maximum absolute atomic E-state index is 10.2. The van der Waals surface area contributed by atoms with Crippen molar-refractivity contribution in [3.63, 3.8) is 0 Å². The van der Waals surface area contributed by atoms with Crippen LogP contribution in [0, 0.1) is 5.41 Å². The summed E-state index contributed by atoms with van der Waals surface area (Å²) in [5.41, 5.74) is 0.343. The van der Waals surface area contributed by atoms with Crippen molar-refractivity contribution in [2.24, 2.45) is 5.41 Å². The molecule has 0 aromatic rings. The highest BCUT2D eigenvalue weighted by molar-refractivity contribution is 5.85. The first kappa shape index (κ1) is 10.7. The second-order valence-corrected chi connectivity index (χ2v) is 3.70. The van der Waals surface area contributed by atoms with Gasteiger partial charge in [-0.15, -0.1) is 12.4 Å². The van der Waals surface area contributed by atoms with E-state index in [4.69, 9.17) is 5.11 Å². The minimum absolute atomic E-state index is 0. The molecular formula is C7H14ClNO2. The monoisotopic (exact) mass is 179 g/mol. The van der Waals surface area contributed by atoms with Gasteiger partial charge in [0.1, 0.15) is 0 Å². The van der Waals surface area contributed by atoms with Gasteiger partial charge in [0.2, 0.25) is 0 Å². The number of nitrogens with zero attached hydrogens (tertiary/aromatic N) is 1. The molecule has 0 aromatic carbocycles. The normalized spacial score (nSPS) is 21.6. The fraction of sp³-hybridized carbons (Fsp3) is 0.857. The Labute approximate surface area is 72.8 Å². The first-order valence-electron chi connectivity index (χ1n) is 3.44. The van der Waals surface area contributed by atoms with Crippen molar-refractivity contribution in [1.29, 1.82) is 0 Å². The van der Waals surface area contributed by atoms with E-state index in [0.29, 0.717) is 5.41 Å². The summed E-state index contributed by atoms with van der Waals surface area (Å²) in [6.07, 6.45) is 0. The van der Waals surface area contributed by atoms with Gasteiger partial charge in [-0.25, -0.2) is 0 Å². The first-order chi connectivity index (χ1) is 4.49. The summed E-state index contributed by atoms with van der Waals surface area (Å²) >= 11 is 0. The van der Waals surface area contributed by atoms with Crippen molar-refractivity contribution in [3.05, 3.63) is 0 Å². The maximum atomic E-state index is 10.2. The van der Waals surface area contributed by atoms with Crippen molar-refractivity contribution in [2.75, 3.05) is 19.6 Å². The lowest BCUT2D eigenvalue weighted by molar-refractivity contribution is -0.141. The fourth-order valence-corrected chi connectivity index (χ4v) is 1.47. The fourth-order valence-electron chi connectivity index (χ4n) is 1.47. The van der Waals surface area contributed by atoms with Gasteiger partial charge in [-0.3, -0.25) is 9.69 Å². The maximum Gasteiger partial charge on any atom is 0.317 e. The van der Waals surface area contributed by atoms with Crippen LogP contribution >= 0.6 is 12.4 Å². The van der Waals surface area contributed by atoms with Crippen molar-refractivity contribution < 1.29 is 9.90 Å². The molecule has 0 aromatic heterocycles. The van der Waals surface area contributed by atoms with Crippen LogP contribution in [0.2, 0.25) is 0 Å². The van der Waals surface area contributed by atoms with E-state index in [1.807, 2.05) is 4.90 Å². The van der Waals surface area contributed by atoms with Crippen LogP contribution in [0.15, 0.2) is 0 Å². The highest BCUT2D eigenvalue weighted by Crippen LogP contribution is 2.27. The third kappa shape index (κ3) is 3.08. The van der Waals surface area contributed by atoms with E-state index in [2.05, 4.69) is 13.8 Å². The molecular weight excluding hydrogens is 166 g/mol. The average Bonchev–Trinajstić information content (AvgIpc) is 1.57. The van der Waals surface area contributed by atoms with Gasteiger partial charge in [0.15, 0.2) is 0 Å². The Hall–Kier alpha value is -0.280. The number of hydrogen-bond acceptors (Lipinski definition) is 2. The second kappa shape index (κ2) is 3.41. The molecule has 1 rings (SSSR count). The Morgan fingerprint density at radius 3 is 2.27 bits per heavy atom. The molecule has 1 aliphatic rings. The molecule has 0 atom stereocenters. The third-order valence-corrected chi connectivity index (χ3v) is 1.66. The van der Waals surface area contributed by atoms with Crippen LogP contribution in [-0.4, -0.2) is 35.6 Å². The van der Waals surface area contributed by atoms with Gasteiger partial charge in [0, 0.05) is 13.1 Å². The van der Waals surface area contributed by atoms with E-state index in [1.165, 1.54) is 0 Å². The highest BCUT2D eigenvalue weighted by atomic mass is 35.5. The van der Waals surface area contributed by atoms with Gasteiger partial charge in [-0.2, -0.15) is 0 Å². The Morgan fingerprint density at radius 2 is 2.00 bits per heavy atom. The van der Waals surface area contributed by atoms with Crippen LogP contribution in [0.1, 0.15) is 13.8 Å². The number of carboxylic acid groups (broad SMARTS) is 1. The molecule has 11 heavy (non-hydrogen) atoms. The SMILES string of the molecule is CC1(C)CN(CC(=O)O)C1.Cl. The number of carbonyl (C=O) groups is 1. The molecule has 0 spiro atoms. The standard InChI is InChI=1S/C7H13NO2.ClH/c1-7(2)4-8(5-7)3-6(9)10;/h3-5H2,1-2H3,(H,9,10);1H. The summed E-state index contributed by atoms with van der Waals surface area (Å²) < 4.78 is 0. The van der Waals surface area contributed by atoms with E-state index in [1.54, 1.807) is 0 Å². The number of halogens is 1. The predicted octanol–water partition coefficient (Wildman–Crippen LogP) is 0.835. The van der Waals surface area contributed by atoms with Crippen LogP contribution in [0.5, 0.6) is 0 Å². The minimum Gasteiger partial charge on any atom is -0.480 e. The summed E-state index contributed by atoms with van der Waals surface area (Å²) in [6, 6.07) is 0. The van der Waals surface area contributed by atoms with Crippen molar-refractivity contribution in [3.8, 4) is 0 Å².